The second-order valence-electron chi connectivity index (χ2n) is 13.8. The highest BCUT2D eigenvalue weighted by Gasteiger charge is 2.50. The first kappa shape index (κ1) is 30.7. The zero-order valence-electron chi connectivity index (χ0n) is 25.2. The van der Waals surface area contributed by atoms with Crippen LogP contribution in [0, 0.1) is 10.8 Å². The fraction of sp³-hybridized carbons (Fsp3) is 0.588. The maximum absolute atomic E-state index is 12.1. The minimum Gasteiger partial charge on any atom is -0.481 e. The number of amides is 1. The summed E-state index contributed by atoms with van der Waals surface area (Å²) in [5.41, 5.74) is 4.57. The number of carboxylic acids is 1. The SMILES string of the molecule is CC1(C)CC2CC(C)(CN2C[C@@H]2C[C@H](c3ccc(CO)cc3)O[C@H](c3ccc(CNC(=O)CCCC(=O)O)cc3)O2)C1. The van der Waals surface area contributed by atoms with Crippen molar-refractivity contribution >= 4 is 11.9 Å². The summed E-state index contributed by atoms with van der Waals surface area (Å²) < 4.78 is 13.2. The Kier molecular flexibility index (Phi) is 9.38. The summed E-state index contributed by atoms with van der Waals surface area (Å²) in [6.07, 6.45) is 4.41. The van der Waals surface area contributed by atoms with E-state index in [1.165, 1.54) is 19.3 Å². The van der Waals surface area contributed by atoms with Crippen molar-refractivity contribution in [2.24, 2.45) is 10.8 Å². The van der Waals surface area contributed by atoms with E-state index >= 15 is 0 Å². The first-order chi connectivity index (χ1) is 20.0. The van der Waals surface area contributed by atoms with E-state index in [0.29, 0.717) is 29.8 Å². The number of rotatable bonds is 11. The van der Waals surface area contributed by atoms with Crippen LogP contribution in [-0.4, -0.2) is 52.2 Å². The molecule has 1 saturated carbocycles. The lowest BCUT2D eigenvalue weighted by Gasteiger charge is -2.41. The van der Waals surface area contributed by atoms with Crippen LogP contribution in [0.25, 0.3) is 0 Å². The third kappa shape index (κ3) is 7.78. The summed E-state index contributed by atoms with van der Waals surface area (Å²) in [6.45, 7) is 9.64. The number of nitrogens with zero attached hydrogens (tertiary/aromatic N) is 1. The Bertz CT molecular complexity index is 1230. The molecule has 2 aromatic rings. The molecule has 8 heteroatoms. The van der Waals surface area contributed by atoms with Gasteiger partial charge in [0.2, 0.25) is 5.91 Å². The lowest BCUT2D eigenvalue weighted by atomic mass is 9.65. The van der Waals surface area contributed by atoms with Crippen molar-refractivity contribution in [2.75, 3.05) is 13.1 Å². The number of benzene rings is 2. The van der Waals surface area contributed by atoms with Crippen molar-refractivity contribution in [3.05, 3.63) is 70.8 Å². The predicted molar refractivity (Wildman–Crippen MR) is 159 cm³/mol. The first-order valence-corrected chi connectivity index (χ1v) is 15.3. The summed E-state index contributed by atoms with van der Waals surface area (Å²) in [7, 11) is 0. The number of aliphatic hydroxyl groups excluding tert-OH is 1. The molecule has 2 heterocycles. The van der Waals surface area contributed by atoms with Gasteiger partial charge >= 0.3 is 5.97 Å². The highest BCUT2D eigenvalue weighted by atomic mass is 16.7. The average Bonchev–Trinajstić information content (AvgIpc) is 3.18. The molecule has 3 aliphatic rings. The van der Waals surface area contributed by atoms with Gasteiger partial charge in [-0.1, -0.05) is 69.3 Å². The molecule has 228 valence electrons. The normalized spacial score (nSPS) is 28.9. The van der Waals surface area contributed by atoms with Crippen LogP contribution < -0.4 is 5.32 Å². The van der Waals surface area contributed by atoms with Crippen LogP contribution in [0.3, 0.4) is 0 Å². The molecule has 0 spiro atoms. The number of aliphatic hydroxyl groups is 1. The van der Waals surface area contributed by atoms with Crippen molar-refractivity contribution in [3.63, 3.8) is 0 Å². The number of carbonyl (C=O) groups excluding carboxylic acids is 1. The zero-order chi connectivity index (χ0) is 29.9. The Balaban J connectivity index is 1.26. The number of nitrogens with one attached hydrogen (secondary N) is 1. The lowest BCUT2D eigenvalue weighted by Crippen LogP contribution is -2.42. The molecular formula is C34H46N2O6. The van der Waals surface area contributed by atoms with Gasteiger partial charge in [-0.2, -0.15) is 0 Å². The average molecular weight is 579 g/mol. The Morgan fingerprint density at radius 1 is 0.952 bits per heavy atom. The maximum atomic E-state index is 12.1. The topological polar surface area (TPSA) is 108 Å². The smallest absolute Gasteiger partial charge is 0.303 e. The Labute approximate surface area is 249 Å². The van der Waals surface area contributed by atoms with Gasteiger partial charge in [-0.3, -0.25) is 14.5 Å². The number of hydrogen-bond acceptors (Lipinski definition) is 6. The largest absolute Gasteiger partial charge is 0.481 e. The second-order valence-corrected chi connectivity index (χ2v) is 13.8. The minimum absolute atomic E-state index is 0.00715. The Morgan fingerprint density at radius 2 is 1.64 bits per heavy atom. The van der Waals surface area contributed by atoms with Gasteiger partial charge in [-0.25, -0.2) is 0 Å². The van der Waals surface area contributed by atoms with Crippen LogP contribution in [0.5, 0.6) is 0 Å². The number of carboxylic acid groups (broad SMARTS) is 1. The molecule has 1 amide bonds. The fourth-order valence-electron chi connectivity index (χ4n) is 7.57. The van der Waals surface area contributed by atoms with Gasteiger partial charge < -0.3 is 25.0 Å². The first-order valence-electron chi connectivity index (χ1n) is 15.3. The number of ether oxygens (including phenoxy) is 2. The Morgan fingerprint density at radius 3 is 2.33 bits per heavy atom. The molecular weight excluding hydrogens is 532 g/mol. The van der Waals surface area contributed by atoms with Crippen LogP contribution >= 0.6 is 0 Å². The molecule has 3 fully saturated rings. The summed E-state index contributed by atoms with van der Waals surface area (Å²) in [5, 5.41) is 21.1. The summed E-state index contributed by atoms with van der Waals surface area (Å²) in [5.74, 6) is -1.04. The number of hydrogen-bond donors (Lipinski definition) is 3. The number of carbonyl (C=O) groups is 2. The summed E-state index contributed by atoms with van der Waals surface area (Å²) in [6, 6.07) is 16.5. The van der Waals surface area contributed by atoms with Crippen LogP contribution in [0.2, 0.25) is 0 Å². The molecule has 2 aliphatic heterocycles. The molecule has 2 bridgehead atoms. The standard InChI is InChI=1S/C34H46N2O6/c1-33(2)16-27-17-34(3,21-33)22-36(27)19-28-15-29(25-11-9-24(20-37)10-12-25)42-32(41-28)26-13-7-23(8-14-26)18-35-30(38)5-4-6-31(39)40/h7-14,27-29,32,37H,4-6,15-22H2,1-3H3,(H,35,38)(H,39,40)/t27?,28-,29+,32+,34?/m0/s1. The van der Waals surface area contributed by atoms with E-state index < -0.39 is 12.3 Å². The molecule has 1 aliphatic carbocycles. The van der Waals surface area contributed by atoms with Crippen LogP contribution in [-0.2, 0) is 32.2 Å². The summed E-state index contributed by atoms with van der Waals surface area (Å²) in [4.78, 5) is 25.4. The van der Waals surface area contributed by atoms with Crippen molar-refractivity contribution in [1.82, 2.24) is 10.2 Å². The van der Waals surface area contributed by atoms with Crippen LogP contribution in [0.4, 0.5) is 0 Å². The molecule has 0 radical (unpaired) electrons. The maximum Gasteiger partial charge on any atom is 0.303 e. The van der Waals surface area contributed by atoms with Crippen LogP contribution in [0.1, 0.15) is 100 Å². The van der Waals surface area contributed by atoms with Gasteiger partial charge in [-0.05, 0) is 53.2 Å². The van der Waals surface area contributed by atoms with Crippen LogP contribution in [0.15, 0.2) is 48.5 Å². The molecule has 8 nitrogen and oxygen atoms in total. The number of likely N-dealkylation sites (tertiary alicyclic amines) is 1. The molecule has 2 saturated heterocycles. The van der Waals surface area contributed by atoms with Gasteiger partial charge in [-0.15, -0.1) is 0 Å². The van der Waals surface area contributed by atoms with Gasteiger partial charge in [0.1, 0.15) is 0 Å². The molecule has 3 N–H and O–H groups in total. The van der Waals surface area contributed by atoms with Gasteiger partial charge in [0.15, 0.2) is 6.29 Å². The highest BCUT2D eigenvalue weighted by molar-refractivity contribution is 5.76. The lowest BCUT2D eigenvalue weighted by molar-refractivity contribution is -0.253. The van der Waals surface area contributed by atoms with Crippen molar-refractivity contribution in [3.8, 4) is 0 Å². The van der Waals surface area contributed by atoms with E-state index in [1.54, 1.807) is 0 Å². The molecule has 42 heavy (non-hydrogen) atoms. The van der Waals surface area contributed by atoms with Crippen molar-refractivity contribution in [2.45, 2.75) is 103 Å². The third-order valence-corrected chi connectivity index (χ3v) is 9.11. The van der Waals surface area contributed by atoms with E-state index in [0.717, 1.165) is 41.8 Å². The second kappa shape index (κ2) is 12.8. The molecule has 0 aromatic heterocycles. The van der Waals surface area contributed by atoms with Gasteiger partial charge in [0.05, 0.1) is 18.8 Å². The molecule has 2 unspecified atom stereocenters. The number of aliphatic carboxylic acids is 1. The zero-order valence-corrected chi connectivity index (χ0v) is 25.2. The molecule has 5 atom stereocenters. The molecule has 5 rings (SSSR count). The predicted octanol–water partition coefficient (Wildman–Crippen LogP) is 5.50. The Hall–Kier alpha value is -2.78. The van der Waals surface area contributed by atoms with Gasteiger partial charge in [0.25, 0.3) is 0 Å². The van der Waals surface area contributed by atoms with E-state index in [4.69, 9.17) is 14.6 Å². The quantitative estimate of drug-likeness (QED) is 0.323. The van der Waals surface area contributed by atoms with Crippen molar-refractivity contribution < 1.29 is 29.3 Å². The molecule has 2 aromatic carbocycles. The number of fused-ring (bicyclic) bond motifs is 2. The monoisotopic (exact) mass is 578 g/mol. The van der Waals surface area contributed by atoms with E-state index in [-0.39, 0.29) is 37.6 Å². The highest BCUT2D eigenvalue weighted by Crippen LogP contribution is 2.53. The minimum atomic E-state index is -0.890. The fourth-order valence-corrected chi connectivity index (χ4v) is 7.57. The van der Waals surface area contributed by atoms with E-state index in [1.807, 2.05) is 48.5 Å². The summed E-state index contributed by atoms with van der Waals surface area (Å²) >= 11 is 0. The van der Waals surface area contributed by atoms with Crippen molar-refractivity contribution in [1.29, 1.82) is 0 Å². The van der Waals surface area contributed by atoms with Gasteiger partial charge in [0, 0.05) is 50.5 Å². The van der Waals surface area contributed by atoms with E-state index in [9.17, 15) is 14.7 Å². The third-order valence-electron chi connectivity index (χ3n) is 9.11. The van der Waals surface area contributed by atoms with E-state index in [2.05, 4.69) is 31.0 Å².